The molecule has 0 fully saturated rings. The van der Waals surface area contributed by atoms with Gasteiger partial charge in [0.1, 0.15) is 5.76 Å². The molecule has 1 heterocycles. The number of guanidine groups is 1. The molecule has 0 saturated heterocycles. The number of nitrogens with one attached hydrogen (secondary N) is 1. The summed E-state index contributed by atoms with van der Waals surface area (Å²) < 4.78 is 5.31. The Labute approximate surface area is 153 Å². The minimum Gasteiger partial charge on any atom is -0.469 e. The number of furan rings is 1. The van der Waals surface area contributed by atoms with Crippen molar-refractivity contribution in [2.75, 3.05) is 20.6 Å². The first-order chi connectivity index (χ1) is 10.2. The van der Waals surface area contributed by atoms with Crippen molar-refractivity contribution in [2.24, 2.45) is 4.99 Å². The van der Waals surface area contributed by atoms with Crippen molar-refractivity contribution in [3.8, 4) is 0 Å². The van der Waals surface area contributed by atoms with Crippen LogP contribution in [0.5, 0.6) is 0 Å². The Morgan fingerprint density at radius 3 is 2.59 bits per heavy atom. The van der Waals surface area contributed by atoms with Crippen LogP contribution in [0.15, 0.2) is 52.1 Å². The van der Waals surface area contributed by atoms with Crippen LogP contribution in [0.25, 0.3) is 0 Å². The fourth-order valence-electron chi connectivity index (χ4n) is 2.08. The van der Waals surface area contributed by atoms with Gasteiger partial charge < -0.3 is 14.6 Å². The van der Waals surface area contributed by atoms with Gasteiger partial charge in [-0.05, 0) is 29.8 Å². The van der Waals surface area contributed by atoms with E-state index in [4.69, 9.17) is 16.0 Å². The van der Waals surface area contributed by atoms with Gasteiger partial charge in [-0.2, -0.15) is 0 Å². The van der Waals surface area contributed by atoms with Crippen molar-refractivity contribution in [1.29, 1.82) is 0 Å². The molecule has 1 N–H and O–H groups in total. The highest BCUT2D eigenvalue weighted by molar-refractivity contribution is 14.0. The lowest BCUT2D eigenvalue weighted by atomic mass is 10.2. The smallest absolute Gasteiger partial charge is 0.193 e. The Balaban J connectivity index is 0.00000242. The van der Waals surface area contributed by atoms with Gasteiger partial charge in [0.25, 0.3) is 0 Å². The zero-order valence-corrected chi connectivity index (χ0v) is 15.8. The summed E-state index contributed by atoms with van der Waals surface area (Å²) in [5.74, 6) is 1.83. The third-order valence-electron chi connectivity index (χ3n) is 3.14. The van der Waals surface area contributed by atoms with E-state index in [1.54, 1.807) is 13.3 Å². The predicted octanol–water partition coefficient (Wildman–Crippen LogP) is 3.80. The first-order valence-electron chi connectivity index (χ1n) is 6.87. The molecule has 120 valence electrons. The fraction of sp³-hybridized carbons (Fsp3) is 0.312. The fourth-order valence-corrected chi connectivity index (χ4v) is 2.20. The van der Waals surface area contributed by atoms with Crippen molar-refractivity contribution >= 4 is 41.5 Å². The molecule has 0 spiro atoms. The maximum Gasteiger partial charge on any atom is 0.193 e. The van der Waals surface area contributed by atoms with Gasteiger partial charge in [-0.1, -0.05) is 23.7 Å². The Bertz CT molecular complexity index is 570. The topological polar surface area (TPSA) is 40.8 Å². The highest BCUT2D eigenvalue weighted by Gasteiger charge is 2.06. The van der Waals surface area contributed by atoms with Crippen LogP contribution in [0, 0.1) is 0 Å². The van der Waals surface area contributed by atoms with Crippen LogP contribution < -0.4 is 5.32 Å². The van der Waals surface area contributed by atoms with Crippen LogP contribution in [0.3, 0.4) is 0 Å². The molecule has 22 heavy (non-hydrogen) atoms. The number of rotatable bonds is 5. The van der Waals surface area contributed by atoms with Gasteiger partial charge in [-0.25, -0.2) is 0 Å². The number of hydrogen-bond acceptors (Lipinski definition) is 2. The van der Waals surface area contributed by atoms with Crippen LogP contribution in [-0.2, 0) is 13.0 Å². The molecule has 0 radical (unpaired) electrons. The Kier molecular flexibility index (Phi) is 8.34. The Hall–Kier alpha value is -1.21. The van der Waals surface area contributed by atoms with Crippen LogP contribution in [-0.4, -0.2) is 31.5 Å². The third-order valence-corrected chi connectivity index (χ3v) is 3.39. The van der Waals surface area contributed by atoms with Gasteiger partial charge in [0.05, 0.1) is 6.26 Å². The summed E-state index contributed by atoms with van der Waals surface area (Å²) in [5, 5.41) is 4.08. The molecule has 0 aliphatic heterocycles. The van der Waals surface area contributed by atoms with Crippen LogP contribution >= 0.6 is 35.6 Å². The van der Waals surface area contributed by atoms with E-state index >= 15 is 0 Å². The van der Waals surface area contributed by atoms with Gasteiger partial charge in [0, 0.05) is 38.6 Å². The average Bonchev–Trinajstić information content (AvgIpc) is 2.99. The summed E-state index contributed by atoms with van der Waals surface area (Å²) in [7, 11) is 3.80. The van der Waals surface area contributed by atoms with Crippen LogP contribution in [0.2, 0.25) is 5.02 Å². The van der Waals surface area contributed by atoms with Crippen molar-refractivity contribution in [3.05, 3.63) is 59.0 Å². The molecule has 1 aromatic carbocycles. The molecule has 6 heteroatoms. The number of benzene rings is 1. The van der Waals surface area contributed by atoms with Crippen LogP contribution in [0.4, 0.5) is 0 Å². The lowest BCUT2D eigenvalue weighted by Crippen LogP contribution is -2.39. The highest BCUT2D eigenvalue weighted by Crippen LogP contribution is 2.11. The van der Waals surface area contributed by atoms with Gasteiger partial charge in [-0.3, -0.25) is 4.99 Å². The summed E-state index contributed by atoms with van der Waals surface area (Å²) in [4.78, 5) is 6.37. The van der Waals surface area contributed by atoms with Gasteiger partial charge in [-0.15, -0.1) is 24.0 Å². The van der Waals surface area contributed by atoms with E-state index in [2.05, 4.69) is 15.2 Å². The second-order valence-electron chi connectivity index (χ2n) is 4.79. The summed E-state index contributed by atoms with van der Waals surface area (Å²) in [6, 6.07) is 11.7. The molecule has 0 amide bonds. The normalized spacial score (nSPS) is 11.0. The van der Waals surface area contributed by atoms with E-state index in [9.17, 15) is 0 Å². The lowest BCUT2D eigenvalue weighted by molar-refractivity contribution is 0.470. The van der Waals surface area contributed by atoms with E-state index in [-0.39, 0.29) is 24.0 Å². The first-order valence-corrected chi connectivity index (χ1v) is 7.25. The van der Waals surface area contributed by atoms with Crippen LogP contribution in [0.1, 0.15) is 11.3 Å². The monoisotopic (exact) mass is 433 g/mol. The van der Waals surface area contributed by atoms with E-state index in [1.807, 2.05) is 43.4 Å². The zero-order chi connectivity index (χ0) is 15.1. The largest absolute Gasteiger partial charge is 0.469 e. The minimum atomic E-state index is 0. The molecule has 0 saturated carbocycles. The molecule has 0 bridgehead atoms. The summed E-state index contributed by atoms with van der Waals surface area (Å²) in [6.45, 7) is 1.56. The zero-order valence-electron chi connectivity index (χ0n) is 12.8. The second-order valence-corrected chi connectivity index (χ2v) is 5.22. The highest BCUT2D eigenvalue weighted by atomic mass is 127. The number of halogens is 2. The van der Waals surface area contributed by atoms with Gasteiger partial charge in [0.15, 0.2) is 5.96 Å². The van der Waals surface area contributed by atoms with Crippen molar-refractivity contribution in [2.45, 2.75) is 13.0 Å². The number of aliphatic imine (C=N–C) groups is 1. The van der Waals surface area contributed by atoms with E-state index < -0.39 is 0 Å². The molecular weight excluding hydrogens is 413 g/mol. The molecule has 4 nitrogen and oxygen atoms in total. The second kappa shape index (κ2) is 9.74. The van der Waals surface area contributed by atoms with Crippen molar-refractivity contribution in [3.63, 3.8) is 0 Å². The minimum absolute atomic E-state index is 0. The molecule has 0 aliphatic carbocycles. The van der Waals surface area contributed by atoms with E-state index in [0.29, 0.717) is 0 Å². The molecule has 0 aliphatic rings. The van der Waals surface area contributed by atoms with E-state index in [1.165, 1.54) is 5.56 Å². The standard InChI is InChI=1S/C16H20ClN3O.HI/c1-18-16(19-10-9-15-4-3-11-21-15)20(2)12-13-5-7-14(17)8-6-13;/h3-8,11H,9-10,12H2,1-2H3,(H,18,19);1H. The van der Waals surface area contributed by atoms with Gasteiger partial charge >= 0.3 is 0 Å². The van der Waals surface area contributed by atoms with Crippen molar-refractivity contribution < 1.29 is 4.42 Å². The molecule has 0 atom stereocenters. The molecule has 2 rings (SSSR count). The molecule has 1 aromatic heterocycles. The third kappa shape index (κ3) is 5.88. The predicted molar refractivity (Wildman–Crippen MR) is 102 cm³/mol. The number of hydrogen-bond donors (Lipinski definition) is 1. The lowest BCUT2D eigenvalue weighted by Gasteiger charge is -2.22. The molecular formula is C16H21ClIN3O. The maximum atomic E-state index is 5.90. The SMILES string of the molecule is CN=C(NCCc1ccco1)N(C)Cc1ccc(Cl)cc1.I. The first kappa shape index (κ1) is 18.8. The molecule has 2 aromatic rings. The Morgan fingerprint density at radius 1 is 1.27 bits per heavy atom. The molecule has 0 unspecified atom stereocenters. The van der Waals surface area contributed by atoms with E-state index in [0.717, 1.165) is 36.3 Å². The summed E-state index contributed by atoms with van der Waals surface area (Å²) in [6.07, 6.45) is 2.53. The average molecular weight is 434 g/mol. The quantitative estimate of drug-likeness (QED) is 0.443. The van der Waals surface area contributed by atoms with Crippen molar-refractivity contribution in [1.82, 2.24) is 10.2 Å². The summed E-state index contributed by atoms with van der Waals surface area (Å²) in [5.41, 5.74) is 1.19. The Morgan fingerprint density at radius 2 is 2.00 bits per heavy atom. The van der Waals surface area contributed by atoms with Gasteiger partial charge in [0.2, 0.25) is 0 Å². The number of nitrogens with zero attached hydrogens (tertiary/aromatic N) is 2. The maximum absolute atomic E-state index is 5.90. The summed E-state index contributed by atoms with van der Waals surface area (Å²) >= 11 is 5.90.